The van der Waals surface area contributed by atoms with Gasteiger partial charge in [-0.2, -0.15) is 4.98 Å². The third-order valence-corrected chi connectivity index (χ3v) is 5.54. The van der Waals surface area contributed by atoms with Crippen LogP contribution in [0.2, 0.25) is 0 Å². The lowest BCUT2D eigenvalue weighted by atomic mass is 9.84. The van der Waals surface area contributed by atoms with E-state index in [1.54, 1.807) is 18.4 Å². The number of aryl methyl sites for hydroxylation is 2. The van der Waals surface area contributed by atoms with Crippen molar-refractivity contribution in [3.8, 4) is 11.6 Å². The number of furan rings is 1. The quantitative estimate of drug-likeness (QED) is 0.650. The maximum atomic E-state index is 12.6. The summed E-state index contributed by atoms with van der Waals surface area (Å²) in [5.41, 5.74) is 4.86. The van der Waals surface area contributed by atoms with Crippen LogP contribution in [-0.4, -0.2) is 14.3 Å². The topological polar surface area (TPSA) is 69.1 Å². The zero-order valence-corrected chi connectivity index (χ0v) is 16.6. The summed E-state index contributed by atoms with van der Waals surface area (Å²) >= 11 is 0. The van der Waals surface area contributed by atoms with Crippen LogP contribution in [0.1, 0.15) is 48.9 Å². The summed E-state index contributed by atoms with van der Waals surface area (Å²) in [6.07, 6.45) is 1.55. The molecule has 3 aromatic rings. The van der Waals surface area contributed by atoms with Gasteiger partial charge in [0, 0.05) is 16.6 Å². The van der Waals surface area contributed by atoms with E-state index in [0.717, 1.165) is 5.56 Å². The minimum Gasteiger partial charge on any atom is -0.461 e. The molecule has 2 aromatic heterocycles. The molecule has 138 valence electrons. The van der Waals surface area contributed by atoms with Crippen molar-refractivity contribution in [3.63, 3.8) is 0 Å². The van der Waals surface area contributed by atoms with Crippen molar-refractivity contribution in [2.24, 2.45) is 0 Å². The van der Waals surface area contributed by atoms with E-state index in [-0.39, 0.29) is 11.2 Å². The highest BCUT2D eigenvalue weighted by Gasteiger charge is 2.18. The lowest BCUT2D eigenvalue weighted by molar-refractivity contribution is 0.389. The third kappa shape index (κ3) is 4.12. The summed E-state index contributed by atoms with van der Waals surface area (Å²) < 4.78 is 23.1. The summed E-state index contributed by atoms with van der Waals surface area (Å²) in [6, 6.07) is 7.91. The lowest BCUT2D eigenvalue weighted by Gasteiger charge is -2.22. The second-order valence-corrected chi connectivity index (χ2v) is 9.01. The van der Waals surface area contributed by atoms with E-state index in [0.29, 0.717) is 23.2 Å². The number of hydrogen-bond donors (Lipinski definition) is 0. The van der Waals surface area contributed by atoms with Gasteiger partial charge in [0.15, 0.2) is 5.76 Å². The van der Waals surface area contributed by atoms with Crippen LogP contribution in [0.25, 0.3) is 11.6 Å². The van der Waals surface area contributed by atoms with Gasteiger partial charge in [0.25, 0.3) is 0 Å². The van der Waals surface area contributed by atoms with Crippen LogP contribution in [-0.2, 0) is 27.7 Å². The third-order valence-electron chi connectivity index (χ3n) is 4.36. The van der Waals surface area contributed by atoms with Gasteiger partial charge in [0.1, 0.15) is 5.75 Å². The Labute approximate surface area is 156 Å². The van der Waals surface area contributed by atoms with Gasteiger partial charge in [0.05, 0.1) is 6.26 Å². The van der Waals surface area contributed by atoms with Gasteiger partial charge >= 0.3 is 0 Å². The fourth-order valence-electron chi connectivity index (χ4n) is 2.82. The smallest absolute Gasteiger partial charge is 0.239 e. The van der Waals surface area contributed by atoms with E-state index >= 15 is 0 Å². The standard InChI is InChI=1S/C20H24N2O3S/c1-13-9-15(20(3,4)5)10-14(2)16(13)11-26(23)12-18-21-19(22-25-18)17-7-6-8-24-17/h6-10H,11-12H2,1-5H3/t26-/m0/s1. The minimum absolute atomic E-state index is 0.0964. The number of rotatable bonds is 5. The number of aromatic nitrogens is 2. The first kappa shape index (κ1) is 18.6. The van der Waals surface area contributed by atoms with Gasteiger partial charge in [-0.1, -0.05) is 38.1 Å². The molecule has 1 aromatic carbocycles. The summed E-state index contributed by atoms with van der Waals surface area (Å²) in [5, 5.41) is 3.88. The van der Waals surface area contributed by atoms with Gasteiger partial charge in [-0.15, -0.1) is 0 Å². The minimum atomic E-state index is -1.13. The Morgan fingerprint density at radius 3 is 2.38 bits per heavy atom. The molecule has 0 aliphatic carbocycles. The first-order valence-electron chi connectivity index (χ1n) is 8.56. The molecule has 0 radical (unpaired) electrons. The van der Waals surface area contributed by atoms with E-state index in [4.69, 9.17) is 8.94 Å². The monoisotopic (exact) mass is 372 g/mol. The highest BCUT2D eigenvalue weighted by molar-refractivity contribution is 7.83. The van der Waals surface area contributed by atoms with E-state index in [2.05, 4.69) is 56.9 Å². The zero-order valence-electron chi connectivity index (χ0n) is 15.8. The molecule has 0 saturated heterocycles. The highest BCUT2D eigenvalue weighted by atomic mass is 32.2. The fourth-order valence-corrected chi connectivity index (χ4v) is 4.10. The molecule has 2 heterocycles. The number of nitrogens with zero attached hydrogens (tertiary/aromatic N) is 2. The van der Waals surface area contributed by atoms with Crippen molar-refractivity contribution >= 4 is 10.8 Å². The molecule has 0 aliphatic heterocycles. The molecule has 0 N–H and O–H groups in total. The molecule has 3 rings (SSSR count). The highest BCUT2D eigenvalue weighted by Crippen LogP contribution is 2.28. The molecule has 6 heteroatoms. The molecular formula is C20H24N2O3S. The van der Waals surface area contributed by atoms with Gasteiger partial charge in [-0.25, -0.2) is 0 Å². The Hall–Kier alpha value is -2.21. The van der Waals surface area contributed by atoms with Crippen molar-refractivity contribution in [1.29, 1.82) is 0 Å². The predicted octanol–water partition coefficient (Wildman–Crippen LogP) is 4.69. The molecule has 0 amide bonds. The SMILES string of the molecule is Cc1cc(C(C)(C)C)cc(C)c1C[S@](=O)Cc1nc(-c2ccco2)no1. The van der Waals surface area contributed by atoms with Crippen molar-refractivity contribution < 1.29 is 13.1 Å². The average Bonchev–Trinajstić information content (AvgIpc) is 3.20. The Morgan fingerprint density at radius 2 is 1.81 bits per heavy atom. The molecule has 0 bridgehead atoms. The van der Waals surface area contributed by atoms with Crippen LogP contribution >= 0.6 is 0 Å². The molecule has 1 atom stereocenters. The molecule has 0 spiro atoms. The maximum Gasteiger partial charge on any atom is 0.239 e. The summed E-state index contributed by atoms with van der Waals surface area (Å²) in [7, 11) is -1.13. The average molecular weight is 372 g/mol. The maximum absolute atomic E-state index is 12.6. The molecule has 0 saturated carbocycles. The van der Waals surface area contributed by atoms with E-state index < -0.39 is 10.8 Å². The Morgan fingerprint density at radius 1 is 1.12 bits per heavy atom. The van der Waals surface area contributed by atoms with Crippen molar-refractivity contribution in [3.05, 3.63) is 58.7 Å². The Kier molecular flexibility index (Phi) is 5.14. The largest absolute Gasteiger partial charge is 0.461 e. The van der Waals surface area contributed by atoms with Crippen LogP contribution < -0.4 is 0 Å². The zero-order chi connectivity index (χ0) is 18.9. The van der Waals surface area contributed by atoms with Gasteiger partial charge in [-0.05, 0) is 53.6 Å². The molecule has 0 aliphatic rings. The summed E-state index contributed by atoms with van der Waals surface area (Å²) in [4.78, 5) is 4.26. The van der Waals surface area contributed by atoms with E-state index in [1.807, 2.05) is 0 Å². The molecule has 5 nitrogen and oxygen atoms in total. The van der Waals surface area contributed by atoms with Crippen LogP contribution in [0.15, 0.2) is 39.5 Å². The van der Waals surface area contributed by atoms with E-state index in [1.165, 1.54) is 16.7 Å². The van der Waals surface area contributed by atoms with Gasteiger partial charge < -0.3 is 8.94 Å². The molecule has 0 fully saturated rings. The number of hydrogen-bond acceptors (Lipinski definition) is 5. The normalized spacial score (nSPS) is 13.1. The van der Waals surface area contributed by atoms with Crippen LogP contribution in [0.3, 0.4) is 0 Å². The molecule has 0 unspecified atom stereocenters. The first-order valence-corrected chi connectivity index (χ1v) is 10.0. The first-order chi connectivity index (χ1) is 12.2. The number of benzene rings is 1. The Balaban J connectivity index is 1.72. The van der Waals surface area contributed by atoms with Crippen LogP contribution in [0, 0.1) is 13.8 Å². The van der Waals surface area contributed by atoms with Crippen LogP contribution in [0.5, 0.6) is 0 Å². The molecular weight excluding hydrogens is 348 g/mol. The van der Waals surface area contributed by atoms with Crippen molar-refractivity contribution in [2.75, 3.05) is 0 Å². The van der Waals surface area contributed by atoms with Gasteiger partial charge in [0.2, 0.25) is 11.7 Å². The van der Waals surface area contributed by atoms with Crippen molar-refractivity contribution in [1.82, 2.24) is 10.1 Å². The van der Waals surface area contributed by atoms with Gasteiger partial charge in [-0.3, -0.25) is 4.21 Å². The van der Waals surface area contributed by atoms with E-state index in [9.17, 15) is 4.21 Å². The fraction of sp³-hybridized carbons (Fsp3) is 0.400. The lowest BCUT2D eigenvalue weighted by Crippen LogP contribution is -2.13. The van der Waals surface area contributed by atoms with Crippen LogP contribution in [0.4, 0.5) is 0 Å². The second-order valence-electron chi connectivity index (χ2n) is 7.56. The second kappa shape index (κ2) is 7.19. The summed E-state index contributed by atoms with van der Waals surface area (Å²) in [6.45, 7) is 10.8. The predicted molar refractivity (Wildman–Crippen MR) is 102 cm³/mol. The molecule has 26 heavy (non-hydrogen) atoms. The Bertz CT molecular complexity index is 898. The van der Waals surface area contributed by atoms with Crippen molar-refractivity contribution in [2.45, 2.75) is 51.5 Å². The summed E-state index contributed by atoms with van der Waals surface area (Å²) in [5.74, 6) is 1.98.